The Labute approximate surface area is 120 Å². The SMILES string of the molecule is CCCc1nc(NN)cc(N(C)CC2CCCCO2)n1. The van der Waals surface area contributed by atoms with Crippen molar-refractivity contribution in [2.75, 3.05) is 30.5 Å². The second kappa shape index (κ2) is 7.40. The molecule has 1 fully saturated rings. The van der Waals surface area contributed by atoms with Crippen molar-refractivity contribution in [3.05, 3.63) is 11.9 Å². The van der Waals surface area contributed by atoms with Crippen LogP contribution in [0.5, 0.6) is 0 Å². The summed E-state index contributed by atoms with van der Waals surface area (Å²) in [4.78, 5) is 11.1. The molecule has 0 aliphatic carbocycles. The molecule has 1 aliphatic rings. The van der Waals surface area contributed by atoms with Gasteiger partial charge in [-0.1, -0.05) is 6.92 Å². The number of anilines is 2. The minimum absolute atomic E-state index is 0.299. The molecule has 1 atom stereocenters. The van der Waals surface area contributed by atoms with Gasteiger partial charge in [0.25, 0.3) is 0 Å². The van der Waals surface area contributed by atoms with Gasteiger partial charge in [-0.15, -0.1) is 0 Å². The van der Waals surface area contributed by atoms with Gasteiger partial charge in [0, 0.05) is 32.7 Å². The monoisotopic (exact) mass is 279 g/mol. The van der Waals surface area contributed by atoms with Gasteiger partial charge in [0.1, 0.15) is 17.5 Å². The van der Waals surface area contributed by atoms with Gasteiger partial charge in [0.2, 0.25) is 0 Å². The predicted molar refractivity (Wildman–Crippen MR) is 80.7 cm³/mol. The lowest BCUT2D eigenvalue weighted by atomic mass is 10.1. The summed E-state index contributed by atoms with van der Waals surface area (Å²) in [7, 11) is 2.04. The number of hydrogen-bond acceptors (Lipinski definition) is 6. The Morgan fingerprint density at radius 1 is 1.45 bits per heavy atom. The maximum atomic E-state index is 5.78. The van der Waals surface area contributed by atoms with Crippen LogP contribution in [-0.4, -0.2) is 36.3 Å². The summed E-state index contributed by atoms with van der Waals surface area (Å²) in [6, 6.07) is 1.88. The number of nitrogens with two attached hydrogens (primary N) is 1. The van der Waals surface area contributed by atoms with E-state index >= 15 is 0 Å². The molecule has 2 heterocycles. The Kier molecular flexibility index (Phi) is 5.55. The highest BCUT2D eigenvalue weighted by molar-refractivity contribution is 5.48. The van der Waals surface area contributed by atoms with E-state index in [4.69, 9.17) is 10.6 Å². The molecule has 6 heteroatoms. The van der Waals surface area contributed by atoms with Gasteiger partial charge in [0.05, 0.1) is 6.10 Å². The zero-order valence-electron chi connectivity index (χ0n) is 12.4. The molecule has 0 radical (unpaired) electrons. The molecule has 112 valence electrons. The summed E-state index contributed by atoms with van der Waals surface area (Å²) in [5.74, 6) is 7.87. The molecule has 3 N–H and O–H groups in total. The van der Waals surface area contributed by atoms with Gasteiger partial charge in [-0.25, -0.2) is 15.8 Å². The number of hydrazine groups is 1. The lowest BCUT2D eigenvalue weighted by Gasteiger charge is -2.28. The molecule has 0 amide bonds. The molecular weight excluding hydrogens is 254 g/mol. The van der Waals surface area contributed by atoms with Gasteiger partial charge >= 0.3 is 0 Å². The maximum absolute atomic E-state index is 5.78. The van der Waals surface area contributed by atoms with E-state index in [1.807, 2.05) is 13.1 Å². The van der Waals surface area contributed by atoms with Crippen LogP contribution >= 0.6 is 0 Å². The number of hydrogen-bond donors (Lipinski definition) is 2. The molecule has 0 bridgehead atoms. The number of likely N-dealkylation sites (N-methyl/N-ethyl adjacent to an activating group) is 1. The zero-order chi connectivity index (χ0) is 14.4. The van der Waals surface area contributed by atoms with Crippen molar-refractivity contribution in [1.29, 1.82) is 0 Å². The van der Waals surface area contributed by atoms with E-state index in [1.165, 1.54) is 12.8 Å². The number of rotatable bonds is 6. The summed E-state index contributed by atoms with van der Waals surface area (Å²) in [6.07, 6.45) is 5.72. The van der Waals surface area contributed by atoms with Crippen LogP contribution < -0.4 is 16.2 Å². The first-order valence-corrected chi connectivity index (χ1v) is 7.40. The topological polar surface area (TPSA) is 76.3 Å². The lowest BCUT2D eigenvalue weighted by molar-refractivity contribution is 0.0215. The van der Waals surface area contributed by atoms with Crippen LogP contribution in [0.15, 0.2) is 6.07 Å². The highest BCUT2D eigenvalue weighted by Gasteiger charge is 2.17. The van der Waals surface area contributed by atoms with Crippen molar-refractivity contribution in [2.45, 2.75) is 45.1 Å². The van der Waals surface area contributed by atoms with E-state index in [2.05, 4.69) is 27.2 Å². The quantitative estimate of drug-likeness (QED) is 0.610. The first-order valence-electron chi connectivity index (χ1n) is 7.40. The fourth-order valence-corrected chi connectivity index (χ4v) is 2.44. The molecule has 1 saturated heterocycles. The molecule has 0 saturated carbocycles. The Morgan fingerprint density at radius 2 is 2.30 bits per heavy atom. The molecular formula is C14H25N5O. The highest BCUT2D eigenvalue weighted by Crippen LogP contribution is 2.19. The molecule has 0 aromatic carbocycles. The van der Waals surface area contributed by atoms with Crippen molar-refractivity contribution in [1.82, 2.24) is 9.97 Å². The average Bonchev–Trinajstić information content (AvgIpc) is 2.48. The van der Waals surface area contributed by atoms with Crippen LogP contribution in [0.1, 0.15) is 38.4 Å². The lowest BCUT2D eigenvalue weighted by Crippen LogP contribution is -2.34. The molecule has 20 heavy (non-hydrogen) atoms. The number of ether oxygens (including phenoxy) is 1. The van der Waals surface area contributed by atoms with Gasteiger partial charge in [-0.2, -0.15) is 0 Å². The van der Waals surface area contributed by atoms with Gasteiger partial charge in [-0.3, -0.25) is 0 Å². The normalized spacial score (nSPS) is 18.9. The smallest absolute Gasteiger partial charge is 0.145 e. The van der Waals surface area contributed by atoms with Crippen molar-refractivity contribution < 1.29 is 4.74 Å². The summed E-state index contributed by atoms with van der Waals surface area (Å²) >= 11 is 0. The van der Waals surface area contributed by atoms with Gasteiger partial charge in [0.15, 0.2) is 0 Å². The molecule has 1 aromatic heterocycles. The Bertz CT molecular complexity index is 420. The molecule has 1 aliphatic heterocycles. The Hall–Kier alpha value is -1.40. The second-order valence-electron chi connectivity index (χ2n) is 5.29. The second-order valence-corrected chi connectivity index (χ2v) is 5.29. The third-order valence-corrected chi connectivity index (χ3v) is 3.52. The molecule has 1 aromatic rings. The highest BCUT2D eigenvalue weighted by atomic mass is 16.5. The standard InChI is InChI=1S/C14H25N5O/c1-3-6-12-16-13(18-15)9-14(17-12)19(2)10-11-7-4-5-8-20-11/h9,11H,3-8,10,15H2,1-2H3,(H,16,17,18). The van der Waals surface area contributed by atoms with E-state index in [-0.39, 0.29) is 0 Å². The summed E-state index contributed by atoms with van der Waals surface area (Å²) < 4.78 is 5.78. The summed E-state index contributed by atoms with van der Waals surface area (Å²) in [5, 5.41) is 0. The number of nitrogens with one attached hydrogen (secondary N) is 1. The van der Waals surface area contributed by atoms with Crippen molar-refractivity contribution in [3.8, 4) is 0 Å². The van der Waals surface area contributed by atoms with E-state index in [0.717, 1.165) is 44.1 Å². The summed E-state index contributed by atoms with van der Waals surface area (Å²) in [6.45, 7) is 3.84. The Balaban J connectivity index is 2.06. The largest absolute Gasteiger partial charge is 0.376 e. The van der Waals surface area contributed by atoms with E-state index in [9.17, 15) is 0 Å². The fraction of sp³-hybridized carbons (Fsp3) is 0.714. The number of aryl methyl sites for hydroxylation is 1. The fourth-order valence-electron chi connectivity index (χ4n) is 2.44. The third-order valence-electron chi connectivity index (χ3n) is 3.52. The molecule has 2 rings (SSSR count). The van der Waals surface area contributed by atoms with E-state index < -0.39 is 0 Å². The number of nitrogen functional groups attached to an aromatic ring is 1. The summed E-state index contributed by atoms with van der Waals surface area (Å²) in [5.41, 5.74) is 2.62. The van der Waals surface area contributed by atoms with Crippen LogP contribution in [0, 0.1) is 0 Å². The average molecular weight is 279 g/mol. The van der Waals surface area contributed by atoms with Crippen molar-refractivity contribution >= 4 is 11.6 Å². The van der Waals surface area contributed by atoms with E-state index in [1.54, 1.807) is 0 Å². The Morgan fingerprint density at radius 3 is 2.95 bits per heavy atom. The number of nitrogens with zero attached hydrogens (tertiary/aromatic N) is 3. The first kappa shape index (κ1) is 15.0. The minimum atomic E-state index is 0.299. The van der Waals surface area contributed by atoms with Crippen molar-refractivity contribution in [2.24, 2.45) is 5.84 Å². The minimum Gasteiger partial charge on any atom is -0.376 e. The first-order chi connectivity index (χ1) is 9.72. The molecule has 1 unspecified atom stereocenters. The zero-order valence-corrected chi connectivity index (χ0v) is 12.4. The van der Waals surface area contributed by atoms with Crippen LogP contribution in [-0.2, 0) is 11.2 Å². The van der Waals surface area contributed by atoms with Crippen LogP contribution in [0.25, 0.3) is 0 Å². The number of aromatic nitrogens is 2. The molecule has 0 spiro atoms. The van der Waals surface area contributed by atoms with Gasteiger partial charge in [-0.05, 0) is 25.7 Å². The molecule has 6 nitrogen and oxygen atoms in total. The van der Waals surface area contributed by atoms with E-state index in [0.29, 0.717) is 11.9 Å². The van der Waals surface area contributed by atoms with Gasteiger partial charge < -0.3 is 15.1 Å². The van der Waals surface area contributed by atoms with Crippen molar-refractivity contribution in [3.63, 3.8) is 0 Å². The predicted octanol–water partition coefficient (Wildman–Crippen LogP) is 1.72. The maximum Gasteiger partial charge on any atom is 0.145 e. The third kappa shape index (κ3) is 4.05. The van der Waals surface area contributed by atoms with Crippen LogP contribution in [0.3, 0.4) is 0 Å². The van der Waals surface area contributed by atoms with Crippen LogP contribution in [0.4, 0.5) is 11.6 Å². The van der Waals surface area contributed by atoms with Crippen LogP contribution in [0.2, 0.25) is 0 Å².